The number of carboxylic acid groups (broad SMARTS) is 1. The van der Waals surface area contributed by atoms with Crippen molar-refractivity contribution in [2.24, 2.45) is 0 Å². The average molecular weight is 684 g/mol. The Labute approximate surface area is 274 Å². The van der Waals surface area contributed by atoms with Gasteiger partial charge in [0.1, 0.15) is 34.8 Å². The number of nitrogens with zero attached hydrogens (tertiary/aromatic N) is 1. The molecule has 3 amide bonds. The van der Waals surface area contributed by atoms with E-state index in [1.54, 1.807) is 30.3 Å². The molecule has 0 saturated heterocycles. The van der Waals surface area contributed by atoms with Crippen LogP contribution in [0.2, 0.25) is 5.02 Å². The topological polar surface area (TPSA) is 186 Å². The number of rotatable bonds is 13. The van der Waals surface area contributed by atoms with Crippen LogP contribution in [-0.2, 0) is 9.36 Å². The molecule has 1 saturated carbocycles. The van der Waals surface area contributed by atoms with Gasteiger partial charge in [-0.25, -0.2) is 14.4 Å². The molecular formula is C31H31ClN5O9P. The van der Waals surface area contributed by atoms with Gasteiger partial charge in [0.15, 0.2) is 0 Å². The number of benzene rings is 3. The maximum Gasteiger partial charge on any atom is 0.420 e. The summed E-state index contributed by atoms with van der Waals surface area (Å²) in [6.07, 6.45) is 3.39. The van der Waals surface area contributed by atoms with Gasteiger partial charge in [0.25, 0.3) is 5.91 Å². The summed E-state index contributed by atoms with van der Waals surface area (Å²) < 4.78 is 36.2. The van der Waals surface area contributed by atoms with E-state index in [0.29, 0.717) is 33.8 Å². The highest BCUT2D eigenvalue weighted by Crippen LogP contribution is 2.42. The molecule has 246 valence electrons. The van der Waals surface area contributed by atoms with Crippen LogP contribution in [0.1, 0.15) is 30.1 Å². The van der Waals surface area contributed by atoms with E-state index in [1.165, 1.54) is 57.7 Å². The number of halogens is 1. The lowest BCUT2D eigenvalue weighted by molar-refractivity contribution is -0.138. The van der Waals surface area contributed by atoms with Crippen LogP contribution in [0, 0.1) is 0 Å². The molecule has 47 heavy (non-hydrogen) atoms. The number of aliphatic carboxylic acids is 1. The van der Waals surface area contributed by atoms with Gasteiger partial charge in [-0.15, -0.1) is 0 Å². The van der Waals surface area contributed by atoms with Gasteiger partial charge in [-0.1, -0.05) is 11.6 Å². The van der Waals surface area contributed by atoms with Crippen LogP contribution in [0.25, 0.3) is 10.9 Å². The third kappa shape index (κ3) is 8.41. The first kappa shape index (κ1) is 33.3. The third-order valence-corrected chi connectivity index (χ3v) is 8.88. The third-order valence-electron chi connectivity index (χ3n) is 6.87. The number of nitrogens with one attached hydrogen (secondary N) is 4. The maximum atomic E-state index is 13.9. The smallest absolute Gasteiger partial charge is 0.420 e. The predicted octanol–water partition coefficient (Wildman–Crippen LogP) is 5.96. The van der Waals surface area contributed by atoms with E-state index in [-0.39, 0.29) is 34.2 Å². The SMILES string of the molecule is COc1ccc(OP(=O)(NC(=O)c2cc3c(Oc4ccc(NC(=O)NC5CC5)c(Cl)c4)ccnc3cc2OC)NC(C)C(=O)O)cc1. The fraction of sp³-hybridized carbons (Fsp3) is 0.226. The number of carbonyl (C=O) groups excluding carboxylic acids is 2. The van der Waals surface area contributed by atoms with Gasteiger partial charge in [0, 0.05) is 29.8 Å². The number of pyridine rings is 1. The summed E-state index contributed by atoms with van der Waals surface area (Å²) in [6.45, 7) is 1.25. The average Bonchev–Trinajstić information content (AvgIpc) is 3.85. The summed E-state index contributed by atoms with van der Waals surface area (Å²) in [7, 11) is -1.58. The molecule has 2 atom stereocenters. The van der Waals surface area contributed by atoms with E-state index >= 15 is 0 Å². The van der Waals surface area contributed by atoms with Crippen LogP contribution in [-0.4, -0.2) is 54.3 Å². The molecule has 1 heterocycles. The second-order valence-electron chi connectivity index (χ2n) is 10.4. The van der Waals surface area contributed by atoms with Crippen molar-refractivity contribution in [1.29, 1.82) is 0 Å². The Morgan fingerprint density at radius 2 is 1.66 bits per heavy atom. The second kappa shape index (κ2) is 14.2. The van der Waals surface area contributed by atoms with Gasteiger partial charge in [-0.3, -0.25) is 19.7 Å². The molecule has 1 aliphatic rings. The van der Waals surface area contributed by atoms with Crippen molar-refractivity contribution in [3.63, 3.8) is 0 Å². The van der Waals surface area contributed by atoms with E-state index in [0.717, 1.165) is 12.8 Å². The number of amides is 3. The number of carboxylic acids is 1. The summed E-state index contributed by atoms with van der Waals surface area (Å²) in [4.78, 5) is 41.7. The highest BCUT2D eigenvalue weighted by Gasteiger charge is 2.33. The zero-order chi connectivity index (χ0) is 33.7. The van der Waals surface area contributed by atoms with Crippen molar-refractivity contribution < 1.29 is 42.8 Å². The minimum Gasteiger partial charge on any atom is -0.497 e. The molecule has 4 aromatic rings. The Hall–Kier alpha value is -5.04. The molecule has 3 aromatic carbocycles. The molecule has 5 N–H and O–H groups in total. The van der Waals surface area contributed by atoms with Crippen LogP contribution in [0.15, 0.2) is 66.9 Å². The molecule has 2 unspecified atom stereocenters. The van der Waals surface area contributed by atoms with Gasteiger partial charge in [0.2, 0.25) is 0 Å². The Kier molecular flexibility index (Phi) is 10.0. The number of anilines is 1. The van der Waals surface area contributed by atoms with E-state index in [4.69, 9.17) is 30.3 Å². The van der Waals surface area contributed by atoms with Crippen LogP contribution in [0.4, 0.5) is 10.5 Å². The van der Waals surface area contributed by atoms with Crippen molar-refractivity contribution in [1.82, 2.24) is 20.5 Å². The molecular weight excluding hydrogens is 653 g/mol. The molecule has 0 bridgehead atoms. The zero-order valence-electron chi connectivity index (χ0n) is 25.4. The molecule has 16 heteroatoms. The number of hydrogen-bond donors (Lipinski definition) is 5. The van der Waals surface area contributed by atoms with Gasteiger partial charge in [-0.05, 0) is 68.3 Å². The Morgan fingerprint density at radius 1 is 0.957 bits per heavy atom. The van der Waals surface area contributed by atoms with Gasteiger partial charge in [-0.2, -0.15) is 0 Å². The second-order valence-corrected chi connectivity index (χ2v) is 12.6. The molecule has 5 rings (SSSR count). The monoisotopic (exact) mass is 683 g/mol. The first-order valence-electron chi connectivity index (χ1n) is 14.3. The maximum absolute atomic E-state index is 13.9. The van der Waals surface area contributed by atoms with E-state index < -0.39 is 25.6 Å². The zero-order valence-corrected chi connectivity index (χ0v) is 27.1. The van der Waals surface area contributed by atoms with Crippen molar-refractivity contribution in [3.05, 3.63) is 77.4 Å². The molecule has 1 aliphatic carbocycles. The van der Waals surface area contributed by atoms with Crippen molar-refractivity contribution in [2.75, 3.05) is 19.5 Å². The molecule has 0 spiro atoms. The van der Waals surface area contributed by atoms with E-state index in [1.807, 2.05) is 0 Å². The van der Waals surface area contributed by atoms with Crippen molar-refractivity contribution >= 4 is 53.8 Å². The number of ether oxygens (including phenoxy) is 3. The Morgan fingerprint density at radius 3 is 2.30 bits per heavy atom. The number of fused-ring (bicyclic) bond motifs is 1. The summed E-state index contributed by atoms with van der Waals surface area (Å²) >= 11 is 6.41. The Balaban J connectivity index is 1.42. The Bertz CT molecular complexity index is 1870. The van der Waals surface area contributed by atoms with E-state index in [2.05, 4.69) is 25.8 Å². The van der Waals surface area contributed by atoms with Gasteiger partial charge in [0.05, 0.1) is 36.0 Å². The normalized spacial score (nSPS) is 14.3. The van der Waals surface area contributed by atoms with Crippen LogP contribution < -0.4 is 39.5 Å². The van der Waals surface area contributed by atoms with Crippen LogP contribution in [0.5, 0.6) is 28.7 Å². The number of methoxy groups -OCH3 is 2. The standard InChI is InChI=1S/C31H31ClN5O9P/c1-17(30(39)40)36-47(42,46-20-8-6-19(43-2)7-9-20)37-29(38)23-15-22-26(16-28(23)44-3)33-13-12-27(22)45-21-10-11-25(24(32)14-21)35-31(41)34-18-4-5-18/h6-18H,4-5H2,1-3H3,(H,39,40)(H2,34,35,41)(H2,36,37,38,42). The fourth-order valence-electron chi connectivity index (χ4n) is 4.31. The van der Waals surface area contributed by atoms with Crippen molar-refractivity contribution in [2.45, 2.75) is 31.8 Å². The summed E-state index contributed by atoms with van der Waals surface area (Å²) in [5, 5.41) is 20.3. The number of carbonyl (C=O) groups is 3. The van der Waals surface area contributed by atoms with Crippen LogP contribution in [0.3, 0.4) is 0 Å². The highest BCUT2D eigenvalue weighted by molar-refractivity contribution is 7.56. The first-order valence-corrected chi connectivity index (χ1v) is 16.3. The fourth-order valence-corrected chi connectivity index (χ4v) is 6.12. The van der Waals surface area contributed by atoms with E-state index in [9.17, 15) is 24.1 Å². The minimum absolute atomic E-state index is 0.0690. The predicted molar refractivity (Wildman–Crippen MR) is 174 cm³/mol. The van der Waals surface area contributed by atoms with Crippen molar-refractivity contribution in [3.8, 4) is 28.7 Å². The summed E-state index contributed by atoms with van der Waals surface area (Å²) in [5.41, 5.74) is 0.736. The van der Waals surface area contributed by atoms with Gasteiger partial charge >= 0.3 is 19.7 Å². The lowest BCUT2D eigenvalue weighted by Crippen LogP contribution is -2.39. The highest BCUT2D eigenvalue weighted by atomic mass is 35.5. The minimum atomic E-state index is -4.40. The summed E-state index contributed by atoms with van der Waals surface area (Å²) in [5.74, 6) is -0.922. The number of aromatic nitrogens is 1. The van der Waals surface area contributed by atoms with Gasteiger partial charge < -0.3 is 34.5 Å². The quantitative estimate of drug-likeness (QED) is 0.105. The largest absolute Gasteiger partial charge is 0.497 e. The molecule has 0 radical (unpaired) electrons. The van der Waals surface area contributed by atoms with Crippen LogP contribution >= 0.6 is 19.3 Å². The molecule has 1 fully saturated rings. The molecule has 1 aromatic heterocycles. The lowest BCUT2D eigenvalue weighted by atomic mass is 10.1. The lowest BCUT2D eigenvalue weighted by Gasteiger charge is -2.23. The number of hydrogen-bond acceptors (Lipinski definition) is 9. The molecule has 0 aliphatic heterocycles. The number of urea groups is 1. The first-order chi connectivity index (χ1) is 22.5. The molecule has 14 nitrogen and oxygen atoms in total. The summed E-state index contributed by atoms with van der Waals surface area (Å²) in [6, 6.07) is 13.7.